The van der Waals surface area contributed by atoms with E-state index in [4.69, 9.17) is 0 Å². The van der Waals surface area contributed by atoms with Crippen molar-refractivity contribution in [1.29, 1.82) is 0 Å². The lowest BCUT2D eigenvalue weighted by Crippen LogP contribution is -2.07. The smallest absolute Gasteiger partial charge is 0.221 e. The summed E-state index contributed by atoms with van der Waals surface area (Å²) in [4.78, 5) is 10.9. The minimum absolute atomic E-state index is 0.0173. The molecule has 0 bridgehead atoms. The Labute approximate surface area is 79.0 Å². The Kier molecular flexibility index (Phi) is 3.07. The van der Waals surface area contributed by atoms with Crippen LogP contribution in [0.3, 0.4) is 0 Å². The van der Waals surface area contributed by atoms with E-state index in [1.54, 1.807) is 0 Å². The summed E-state index contributed by atoms with van der Waals surface area (Å²) in [6.07, 6.45) is 0.999. The van der Waals surface area contributed by atoms with Gasteiger partial charge >= 0.3 is 0 Å². The molecular formula is C11H15NO. The summed E-state index contributed by atoms with van der Waals surface area (Å²) in [5.74, 6) is -0.0173. The molecule has 0 spiro atoms. The molecule has 0 atom stereocenters. The van der Waals surface area contributed by atoms with Crippen LogP contribution in [0.15, 0.2) is 18.2 Å². The highest BCUT2D eigenvalue weighted by Crippen LogP contribution is 2.18. The first-order valence-corrected chi connectivity index (χ1v) is 4.51. The van der Waals surface area contributed by atoms with Gasteiger partial charge in [-0.05, 0) is 30.5 Å². The summed E-state index contributed by atoms with van der Waals surface area (Å²) >= 11 is 0. The van der Waals surface area contributed by atoms with E-state index in [0.29, 0.717) is 0 Å². The highest BCUT2D eigenvalue weighted by molar-refractivity contribution is 5.89. The van der Waals surface area contributed by atoms with Gasteiger partial charge in [-0.3, -0.25) is 4.79 Å². The molecule has 1 amide bonds. The molecule has 2 heteroatoms. The van der Waals surface area contributed by atoms with Gasteiger partial charge in [-0.1, -0.05) is 19.1 Å². The molecule has 0 heterocycles. The molecule has 0 aliphatic carbocycles. The number of rotatable bonds is 2. The largest absolute Gasteiger partial charge is 0.326 e. The minimum Gasteiger partial charge on any atom is -0.326 e. The fourth-order valence-corrected chi connectivity index (χ4v) is 1.39. The number of nitrogens with one attached hydrogen (secondary N) is 1. The highest BCUT2D eigenvalue weighted by atomic mass is 16.1. The van der Waals surface area contributed by atoms with Crippen molar-refractivity contribution in [1.82, 2.24) is 0 Å². The van der Waals surface area contributed by atoms with Crippen LogP contribution in [-0.4, -0.2) is 5.91 Å². The minimum atomic E-state index is -0.0173. The topological polar surface area (TPSA) is 29.1 Å². The average molecular weight is 177 g/mol. The Balaban J connectivity index is 3.01. The number of amides is 1. The monoisotopic (exact) mass is 177 g/mol. The fourth-order valence-electron chi connectivity index (χ4n) is 1.39. The van der Waals surface area contributed by atoms with E-state index in [-0.39, 0.29) is 5.91 Å². The molecule has 0 saturated heterocycles. The quantitative estimate of drug-likeness (QED) is 0.739. The normalized spacial score (nSPS) is 9.77. The van der Waals surface area contributed by atoms with Gasteiger partial charge in [0, 0.05) is 12.6 Å². The van der Waals surface area contributed by atoms with Crippen molar-refractivity contribution in [3.63, 3.8) is 0 Å². The van der Waals surface area contributed by atoms with Crippen LogP contribution in [0, 0.1) is 6.92 Å². The molecule has 1 aromatic carbocycles. The predicted octanol–water partition coefficient (Wildman–Crippen LogP) is 2.52. The summed E-state index contributed by atoms with van der Waals surface area (Å²) in [6, 6.07) is 5.98. The molecule has 0 aliphatic heterocycles. The van der Waals surface area contributed by atoms with Gasteiger partial charge in [0.05, 0.1) is 0 Å². The molecule has 1 aromatic rings. The summed E-state index contributed by atoms with van der Waals surface area (Å²) in [5, 5.41) is 2.81. The van der Waals surface area contributed by atoms with E-state index in [1.807, 2.05) is 19.1 Å². The fraction of sp³-hybridized carbons (Fsp3) is 0.364. The number of carbonyl (C=O) groups is 1. The Morgan fingerprint density at radius 1 is 1.46 bits per heavy atom. The van der Waals surface area contributed by atoms with E-state index in [0.717, 1.165) is 12.1 Å². The molecule has 1 rings (SSSR count). The Morgan fingerprint density at radius 2 is 2.15 bits per heavy atom. The van der Waals surface area contributed by atoms with E-state index in [2.05, 4.69) is 18.3 Å². The summed E-state index contributed by atoms with van der Waals surface area (Å²) in [5.41, 5.74) is 3.37. The lowest BCUT2D eigenvalue weighted by atomic mass is 10.0. The van der Waals surface area contributed by atoms with Crippen molar-refractivity contribution in [3.05, 3.63) is 29.3 Å². The Bertz CT molecular complexity index is 318. The van der Waals surface area contributed by atoms with Crippen LogP contribution in [0.25, 0.3) is 0 Å². The standard InChI is InChI=1S/C11H15NO/c1-4-10-6-5-7-11(8(10)2)12-9(3)13/h5-7H,4H2,1-3H3,(H,12,13). The van der Waals surface area contributed by atoms with E-state index < -0.39 is 0 Å². The molecular weight excluding hydrogens is 162 g/mol. The van der Waals surface area contributed by atoms with Crippen LogP contribution in [0.1, 0.15) is 25.0 Å². The van der Waals surface area contributed by atoms with Gasteiger partial charge in [-0.15, -0.1) is 0 Å². The SMILES string of the molecule is CCc1cccc(NC(C)=O)c1C. The third kappa shape index (κ3) is 2.31. The number of hydrogen-bond acceptors (Lipinski definition) is 1. The zero-order chi connectivity index (χ0) is 9.84. The summed E-state index contributed by atoms with van der Waals surface area (Å²) in [6.45, 7) is 5.67. The van der Waals surface area contributed by atoms with Crippen LogP contribution < -0.4 is 5.32 Å². The lowest BCUT2D eigenvalue weighted by molar-refractivity contribution is -0.114. The number of hydrogen-bond donors (Lipinski definition) is 1. The van der Waals surface area contributed by atoms with Crippen LogP contribution in [0.5, 0.6) is 0 Å². The molecule has 0 radical (unpaired) electrons. The van der Waals surface area contributed by atoms with Gasteiger partial charge in [0.2, 0.25) is 5.91 Å². The van der Waals surface area contributed by atoms with Crippen molar-refractivity contribution in [2.24, 2.45) is 0 Å². The number of benzene rings is 1. The van der Waals surface area contributed by atoms with E-state index in [9.17, 15) is 4.79 Å². The number of anilines is 1. The molecule has 1 N–H and O–H groups in total. The second-order valence-electron chi connectivity index (χ2n) is 3.12. The second kappa shape index (κ2) is 4.08. The zero-order valence-corrected chi connectivity index (χ0v) is 8.35. The number of aryl methyl sites for hydroxylation is 1. The van der Waals surface area contributed by atoms with Crippen LogP contribution in [0.4, 0.5) is 5.69 Å². The van der Waals surface area contributed by atoms with Crippen molar-refractivity contribution in [2.75, 3.05) is 5.32 Å². The molecule has 0 saturated carbocycles. The first-order chi connectivity index (χ1) is 6.15. The molecule has 0 aliphatic rings. The first-order valence-electron chi connectivity index (χ1n) is 4.51. The Hall–Kier alpha value is -1.31. The van der Waals surface area contributed by atoms with Gasteiger partial charge in [0.25, 0.3) is 0 Å². The zero-order valence-electron chi connectivity index (χ0n) is 8.35. The molecule has 13 heavy (non-hydrogen) atoms. The van der Waals surface area contributed by atoms with Crippen LogP contribution >= 0.6 is 0 Å². The van der Waals surface area contributed by atoms with E-state index in [1.165, 1.54) is 18.1 Å². The van der Waals surface area contributed by atoms with Crippen molar-refractivity contribution >= 4 is 11.6 Å². The van der Waals surface area contributed by atoms with Crippen LogP contribution in [-0.2, 0) is 11.2 Å². The van der Waals surface area contributed by atoms with Crippen molar-refractivity contribution in [3.8, 4) is 0 Å². The molecule has 2 nitrogen and oxygen atoms in total. The third-order valence-corrected chi connectivity index (χ3v) is 2.14. The second-order valence-corrected chi connectivity index (χ2v) is 3.12. The van der Waals surface area contributed by atoms with Gasteiger partial charge in [0.15, 0.2) is 0 Å². The van der Waals surface area contributed by atoms with Gasteiger partial charge < -0.3 is 5.32 Å². The molecule has 0 aromatic heterocycles. The maximum atomic E-state index is 10.9. The maximum Gasteiger partial charge on any atom is 0.221 e. The first kappa shape index (κ1) is 9.78. The van der Waals surface area contributed by atoms with Crippen molar-refractivity contribution in [2.45, 2.75) is 27.2 Å². The van der Waals surface area contributed by atoms with Crippen molar-refractivity contribution < 1.29 is 4.79 Å². The van der Waals surface area contributed by atoms with E-state index >= 15 is 0 Å². The lowest BCUT2D eigenvalue weighted by Gasteiger charge is -2.09. The third-order valence-electron chi connectivity index (χ3n) is 2.14. The van der Waals surface area contributed by atoms with Crippen LogP contribution in [0.2, 0.25) is 0 Å². The molecule has 0 unspecified atom stereocenters. The number of carbonyl (C=O) groups excluding carboxylic acids is 1. The van der Waals surface area contributed by atoms with Gasteiger partial charge in [-0.25, -0.2) is 0 Å². The molecule has 70 valence electrons. The Morgan fingerprint density at radius 3 is 2.69 bits per heavy atom. The maximum absolute atomic E-state index is 10.9. The van der Waals surface area contributed by atoms with Gasteiger partial charge in [-0.2, -0.15) is 0 Å². The molecule has 0 fully saturated rings. The average Bonchev–Trinajstić information content (AvgIpc) is 2.08. The summed E-state index contributed by atoms with van der Waals surface area (Å²) < 4.78 is 0. The summed E-state index contributed by atoms with van der Waals surface area (Å²) in [7, 11) is 0. The van der Waals surface area contributed by atoms with Gasteiger partial charge in [0.1, 0.15) is 0 Å². The highest BCUT2D eigenvalue weighted by Gasteiger charge is 2.02. The predicted molar refractivity (Wildman–Crippen MR) is 54.9 cm³/mol.